The van der Waals surface area contributed by atoms with E-state index in [1.54, 1.807) is 7.11 Å². The Balaban J connectivity index is 1.68. The summed E-state index contributed by atoms with van der Waals surface area (Å²) in [5, 5.41) is 3.58. The van der Waals surface area contributed by atoms with Crippen molar-refractivity contribution in [1.82, 2.24) is 10.2 Å². The topological polar surface area (TPSA) is 24.5 Å². The minimum atomic E-state index is 0.768. The van der Waals surface area contributed by atoms with Crippen LogP contribution in [0.2, 0.25) is 0 Å². The lowest BCUT2D eigenvalue weighted by Gasteiger charge is -2.18. The SMILES string of the molecule is COc1ccc(CNC2CC2)cc1CN1CCCC1. The Morgan fingerprint density at radius 1 is 1.26 bits per heavy atom. The number of hydrogen-bond acceptors (Lipinski definition) is 3. The van der Waals surface area contributed by atoms with Gasteiger partial charge in [-0.2, -0.15) is 0 Å². The molecule has 104 valence electrons. The molecular weight excluding hydrogens is 236 g/mol. The van der Waals surface area contributed by atoms with Crippen LogP contribution in [0.3, 0.4) is 0 Å². The number of methoxy groups -OCH3 is 1. The predicted molar refractivity (Wildman–Crippen MR) is 77.4 cm³/mol. The largest absolute Gasteiger partial charge is 0.496 e. The first-order valence-electron chi connectivity index (χ1n) is 7.46. The zero-order valence-electron chi connectivity index (χ0n) is 11.8. The molecule has 2 fully saturated rings. The van der Waals surface area contributed by atoms with Crippen molar-refractivity contribution in [3.63, 3.8) is 0 Å². The lowest BCUT2D eigenvalue weighted by Crippen LogP contribution is -2.19. The fourth-order valence-electron chi connectivity index (χ4n) is 2.80. The fourth-order valence-corrected chi connectivity index (χ4v) is 2.80. The summed E-state index contributed by atoms with van der Waals surface area (Å²) in [6.45, 7) is 4.48. The third kappa shape index (κ3) is 3.48. The first-order valence-corrected chi connectivity index (χ1v) is 7.46. The molecule has 3 rings (SSSR count). The van der Waals surface area contributed by atoms with Crippen molar-refractivity contribution in [2.75, 3.05) is 20.2 Å². The number of hydrogen-bond donors (Lipinski definition) is 1. The molecule has 0 unspecified atom stereocenters. The molecular formula is C16H24N2O. The van der Waals surface area contributed by atoms with Gasteiger partial charge in [-0.25, -0.2) is 0 Å². The van der Waals surface area contributed by atoms with Gasteiger partial charge in [-0.3, -0.25) is 4.90 Å². The molecule has 0 radical (unpaired) electrons. The standard InChI is InChI=1S/C16H24N2O/c1-19-16-7-4-13(11-17-15-5-6-15)10-14(16)12-18-8-2-3-9-18/h4,7,10,15,17H,2-3,5-6,8-9,11-12H2,1H3. The predicted octanol–water partition coefficient (Wildman–Crippen LogP) is 2.54. The van der Waals surface area contributed by atoms with Crippen LogP contribution in [0.4, 0.5) is 0 Å². The number of ether oxygens (including phenoxy) is 1. The van der Waals surface area contributed by atoms with E-state index in [4.69, 9.17) is 4.74 Å². The number of likely N-dealkylation sites (tertiary alicyclic amines) is 1. The maximum atomic E-state index is 5.50. The summed E-state index contributed by atoms with van der Waals surface area (Å²) < 4.78 is 5.50. The van der Waals surface area contributed by atoms with E-state index >= 15 is 0 Å². The number of nitrogens with one attached hydrogen (secondary N) is 1. The lowest BCUT2D eigenvalue weighted by atomic mass is 10.1. The molecule has 0 aromatic heterocycles. The second-order valence-electron chi connectivity index (χ2n) is 5.78. The van der Waals surface area contributed by atoms with Crippen molar-refractivity contribution < 1.29 is 4.74 Å². The molecule has 19 heavy (non-hydrogen) atoms. The van der Waals surface area contributed by atoms with Crippen LogP contribution < -0.4 is 10.1 Å². The van der Waals surface area contributed by atoms with Crippen molar-refractivity contribution >= 4 is 0 Å². The van der Waals surface area contributed by atoms with Gasteiger partial charge in [0, 0.05) is 24.7 Å². The fraction of sp³-hybridized carbons (Fsp3) is 0.625. The van der Waals surface area contributed by atoms with Crippen LogP contribution in [0.25, 0.3) is 0 Å². The molecule has 3 heteroatoms. The quantitative estimate of drug-likeness (QED) is 0.850. The average Bonchev–Trinajstić information content (AvgIpc) is 3.13. The molecule has 1 aromatic carbocycles. The second kappa shape index (κ2) is 5.93. The van der Waals surface area contributed by atoms with E-state index in [1.807, 2.05) is 0 Å². The Bertz CT molecular complexity index is 423. The Labute approximate surface area is 115 Å². The zero-order chi connectivity index (χ0) is 13.1. The van der Waals surface area contributed by atoms with Crippen molar-refractivity contribution in [2.45, 2.75) is 44.8 Å². The molecule has 1 aliphatic carbocycles. The monoisotopic (exact) mass is 260 g/mol. The van der Waals surface area contributed by atoms with Gasteiger partial charge in [0.2, 0.25) is 0 Å². The van der Waals surface area contributed by atoms with E-state index in [9.17, 15) is 0 Å². The molecule has 2 aliphatic rings. The minimum absolute atomic E-state index is 0.768. The zero-order valence-corrected chi connectivity index (χ0v) is 11.8. The van der Waals surface area contributed by atoms with Crippen LogP contribution in [0.5, 0.6) is 5.75 Å². The molecule has 0 spiro atoms. The van der Waals surface area contributed by atoms with Crippen LogP contribution in [-0.4, -0.2) is 31.1 Å². The Morgan fingerprint density at radius 3 is 2.74 bits per heavy atom. The summed E-state index contributed by atoms with van der Waals surface area (Å²) in [6, 6.07) is 7.38. The highest BCUT2D eigenvalue weighted by molar-refractivity contribution is 5.37. The average molecular weight is 260 g/mol. The third-order valence-electron chi connectivity index (χ3n) is 4.11. The van der Waals surface area contributed by atoms with Gasteiger partial charge in [-0.05, 0) is 56.5 Å². The molecule has 1 saturated carbocycles. The summed E-state index contributed by atoms with van der Waals surface area (Å²) in [6.07, 6.45) is 5.37. The second-order valence-corrected chi connectivity index (χ2v) is 5.78. The highest BCUT2D eigenvalue weighted by Crippen LogP contribution is 2.24. The minimum Gasteiger partial charge on any atom is -0.496 e. The van der Waals surface area contributed by atoms with Gasteiger partial charge in [-0.15, -0.1) is 0 Å². The molecule has 1 heterocycles. The van der Waals surface area contributed by atoms with E-state index in [2.05, 4.69) is 28.4 Å². The molecule has 3 nitrogen and oxygen atoms in total. The highest BCUT2D eigenvalue weighted by Gasteiger charge is 2.20. The number of benzene rings is 1. The molecule has 1 N–H and O–H groups in total. The Kier molecular flexibility index (Phi) is 4.04. The molecule has 0 amide bonds. The maximum Gasteiger partial charge on any atom is 0.123 e. The highest BCUT2D eigenvalue weighted by atomic mass is 16.5. The van der Waals surface area contributed by atoms with E-state index in [1.165, 1.54) is 49.9 Å². The molecule has 1 aromatic rings. The van der Waals surface area contributed by atoms with Crippen molar-refractivity contribution in [2.24, 2.45) is 0 Å². The summed E-state index contributed by atoms with van der Waals surface area (Å²) >= 11 is 0. The summed E-state index contributed by atoms with van der Waals surface area (Å²) in [4.78, 5) is 2.52. The van der Waals surface area contributed by atoms with Gasteiger partial charge in [0.15, 0.2) is 0 Å². The summed E-state index contributed by atoms with van der Waals surface area (Å²) in [5.74, 6) is 1.03. The van der Waals surface area contributed by atoms with Crippen molar-refractivity contribution in [1.29, 1.82) is 0 Å². The van der Waals surface area contributed by atoms with Crippen LogP contribution in [-0.2, 0) is 13.1 Å². The van der Waals surface area contributed by atoms with E-state index < -0.39 is 0 Å². The van der Waals surface area contributed by atoms with E-state index in [0.717, 1.165) is 24.9 Å². The first-order chi connectivity index (χ1) is 9.35. The van der Waals surface area contributed by atoms with E-state index in [0.29, 0.717) is 0 Å². The number of nitrogens with zero attached hydrogens (tertiary/aromatic N) is 1. The number of rotatable bonds is 6. The Hall–Kier alpha value is -1.06. The van der Waals surface area contributed by atoms with Gasteiger partial charge in [0.25, 0.3) is 0 Å². The molecule has 1 aliphatic heterocycles. The van der Waals surface area contributed by atoms with Crippen LogP contribution in [0.15, 0.2) is 18.2 Å². The summed E-state index contributed by atoms with van der Waals surface area (Å²) in [7, 11) is 1.77. The first kappa shape index (κ1) is 12.9. The molecule has 0 bridgehead atoms. The van der Waals surface area contributed by atoms with Crippen LogP contribution in [0.1, 0.15) is 36.8 Å². The van der Waals surface area contributed by atoms with Crippen molar-refractivity contribution in [3.05, 3.63) is 29.3 Å². The smallest absolute Gasteiger partial charge is 0.123 e. The third-order valence-corrected chi connectivity index (χ3v) is 4.11. The molecule has 1 saturated heterocycles. The van der Waals surface area contributed by atoms with E-state index in [-0.39, 0.29) is 0 Å². The van der Waals surface area contributed by atoms with Gasteiger partial charge in [-0.1, -0.05) is 6.07 Å². The van der Waals surface area contributed by atoms with Crippen molar-refractivity contribution in [3.8, 4) is 5.75 Å². The lowest BCUT2D eigenvalue weighted by molar-refractivity contribution is 0.320. The Morgan fingerprint density at radius 2 is 2.05 bits per heavy atom. The maximum absolute atomic E-state index is 5.50. The summed E-state index contributed by atoms with van der Waals surface area (Å²) in [5.41, 5.74) is 2.71. The van der Waals surface area contributed by atoms with Gasteiger partial charge in [0.1, 0.15) is 5.75 Å². The van der Waals surface area contributed by atoms with Crippen LogP contribution in [0, 0.1) is 0 Å². The van der Waals surface area contributed by atoms with Gasteiger partial charge in [0.05, 0.1) is 7.11 Å². The normalized spacial score (nSPS) is 19.8. The van der Waals surface area contributed by atoms with Gasteiger partial charge >= 0.3 is 0 Å². The van der Waals surface area contributed by atoms with Crippen LogP contribution >= 0.6 is 0 Å². The molecule has 0 atom stereocenters. The van der Waals surface area contributed by atoms with Gasteiger partial charge < -0.3 is 10.1 Å².